The summed E-state index contributed by atoms with van der Waals surface area (Å²) in [6.07, 6.45) is 2.31. The first-order valence-corrected chi connectivity index (χ1v) is 8.88. The normalized spacial score (nSPS) is 10.7. The van der Waals surface area contributed by atoms with Gasteiger partial charge in [0.25, 0.3) is 17.4 Å². The molecule has 7 nitrogen and oxygen atoms in total. The zero-order valence-corrected chi connectivity index (χ0v) is 15.4. The Morgan fingerprint density at radius 1 is 1.15 bits per heavy atom. The number of benzene rings is 1. The molecular formula is C18H18N4O3S. The van der Waals surface area contributed by atoms with E-state index in [0.29, 0.717) is 26.2 Å². The van der Waals surface area contributed by atoms with Crippen molar-refractivity contribution >= 4 is 33.4 Å². The van der Waals surface area contributed by atoms with E-state index in [1.807, 2.05) is 19.1 Å². The molecule has 2 amide bonds. The number of nitrogens with zero attached hydrogens (tertiary/aromatic N) is 2. The molecule has 1 aromatic carbocycles. The largest absolute Gasteiger partial charge is 0.302 e. The van der Waals surface area contributed by atoms with Crippen molar-refractivity contribution in [1.82, 2.24) is 20.4 Å². The molecule has 0 aliphatic rings. The van der Waals surface area contributed by atoms with Crippen molar-refractivity contribution in [3.63, 3.8) is 0 Å². The van der Waals surface area contributed by atoms with Crippen LogP contribution in [-0.4, -0.2) is 21.4 Å². The summed E-state index contributed by atoms with van der Waals surface area (Å²) in [6.45, 7) is 3.73. The molecule has 0 radical (unpaired) electrons. The van der Waals surface area contributed by atoms with Gasteiger partial charge in [-0.1, -0.05) is 19.1 Å². The van der Waals surface area contributed by atoms with Gasteiger partial charge in [-0.3, -0.25) is 25.2 Å². The summed E-state index contributed by atoms with van der Waals surface area (Å²) >= 11 is 1.12. The van der Waals surface area contributed by atoms with Gasteiger partial charge >= 0.3 is 0 Å². The topological polar surface area (TPSA) is 93.1 Å². The Bertz CT molecular complexity index is 1050. The number of thiophene rings is 1. The van der Waals surface area contributed by atoms with Crippen molar-refractivity contribution in [3.8, 4) is 0 Å². The van der Waals surface area contributed by atoms with E-state index in [-0.39, 0.29) is 5.56 Å². The Morgan fingerprint density at radius 3 is 2.46 bits per heavy atom. The van der Waals surface area contributed by atoms with Gasteiger partial charge in [-0.25, -0.2) is 4.98 Å². The lowest BCUT2D eigenvalue weighted by Gasteiger charge is -2.07. The average molecular weight is 370 g/mol. The quantitative estimate of drug-likeness (QED) is 0.689. The van der Waals surface area contributed by atoms with Gasteiger partial charge in [0.1, 0.15) is 4.83 Å². The highest BCUT2D eigenvalue weighted by Crippen LogP contribution is 2.26. The summed E-state index contributed by atoms with van der Waals surface area (Å²) in [7, 11) is 1.61. The lowest BCUT2D eigenvalue weighted by atomic mass is 10.1. The van der Waals surface area contributed by atoms with Crippen LogP contribution in [0.4, 0.5) is 0 Å². The van der Waals surface area contributed by atoms with E-state index >= 15 is 0 Å². The Kier molecular flexibility index (Phi) is 4.85. The Labute approximate surface area is 153 Å². The summed E-state index contributed by atoms with van der Waals surface area (Å²) in [5.41, 5.74) is 6.72. The molecule has 0 saturated heterocycles. The number of hydrazine groups is 1. The molecule has 0 spiro atoms. The highest BCUT2D eigenvalue weighted by atomic mass is 32.1. The number of nitrogens with one attached hydrogen (secondary N) is 2. The van der Waals surface area contributed by atoms with Crippen molar-refractivity contribution < 1.29 is 9.59 Å². The number of carbonyl (C=O) groups is 2. The molecule has 3 aromatic rings. The van der Waals surface area contributed by atoms with Gasteiger partial charge in [0.2, 0.25) is 0 Å². The van der Waals surface area contributed by atoms with Crippen LogP contribution in [-0.2, 0) is 13.5 Å². The van der Waals surface area contributed by atoms with E-state index in [4.69, 9.17) is 0 Å². The molecule has 0 aliphatic heterocycles. The minimum Gasteiger partial charge on any atom is -0.302 e. The second kappa shape index (κ2) is 7.09. The molecule has 0 aliphatic carbocycles. The van der Waals surface area contributed by atoms with Crippen LogP contribution in [0.5, 0.6) is 0 Å². The van der Waals surface area contributed by atoms with Gasteiger partial charge in [0.05, 0.1) is 16.6 Å². The van der Waals surface area contributed by atoms with Crippen molar-refractivity contribution in [3.05, 3.63) is 62.5 Å². The summed E-state index contributed by atoms with van der Waals surface area (Å²) in [6, 6.07) is 7.15. The van der Waals surface area contributed by atoms with E-state index in [1.54, 1.807) is 26.1 Å². The number of aromatic nitrogens is 2. The summed E-state index contributed by atoms with van der Waals surface area (Å²) in [4.78, 5) is 41.8. The third-order valence-corrected chi connectivity index (χ3v) is 5.33. The molecule has 0 fully saturated rings. The zero-order valence-electron chi connectivity index (χ0n) is 14.6. The number of aryl methyl sites for hydroxylation is 3. The number of hydrogen-bond acceptors (Lipinski definition) is 5. The Hall–Kier alpha value is -3.00. The molecular weight excluding hydrogens is 352 g/mol. The molecule has 0 atom stereocenters. The lowest BCUT2D eigenvalue weighted by molar-refractivity contribution is 0.0848. The first-order chi connectivity index (χ1) is 12.4. The summed E-state index contributed by atoms with van der Waals surface area (Å²) in [5.74, 6) is -0.889. The number of carbonyl (C=O) groups excluding carboxylic acids is 2. The number of rotatable bonds is 3. The van der Waals surface area contributed by atoms with Crippen LogP contribution in [0.25, 0.3) is 10.2 Å². The highest BCUT2D eigenvalue weighted by Gasteiger charge is 2.19. The second-order valence-corrected chi connectivity index (χ2v) is 6.85. The van der Waals surface area contributed by atoms with Crippen molar-refractivity contribution in [1.29, 1.82) is 0 Å². The van der Waals surface area contributed by atoms with Crippen LogP contribution < -0.4 is 16.4 Å². The molecule has 0 bridgehead atoms. The van der Waals surface area contributed by atoms with Crippen molar-refractivity contribution in [2.24, 2.45) is 7.05 Å². The zero-order chi connectivity index (χ0) is 18.8. The van der Waals surface area contributed by atoms with Crippen LogP contribution in [0.2, 0.25) is 0 Å². The van der Waals surface area contributed by atoms with Gasteiger partial charge in [0.15, 0.2) is 0 Å². The van der Waals surface area contributed by atoms with Crippen LogP contribution in [0.1, 0.15) is 38.1 Å². The molecule has 2 aromatic heterocycles. The first kappa shape index (κ1) is 17.8. The van der Waals surface area contributed by atoms with Gasteiger partial charge in [-0.15, -0.1) is 11.3 Å². The van der Waals surface area contributed by atoms with Gasteiger partial charge in [-0.2, -0.15) is 0 Å². The number of fused-ring (bicyclic) bond motifs is 1. The Morgan fingerprint density at radius 2 is 1.81 bits per heavy atom. The monoisotopic (exact) mass is 370 g/mol. The lowest BCUT2D eigenvalue weighted by Crippen LogP contribution is -2.41. The molecule has 2 N–H and O–H groups in total. The minimum absolute atomic E-state index is 0.206. The maximum absolute atomic E-state index is 12.4. The smallest absolute Gasteiger partial charge is 0.280 e. The van der Waals surface area contributed by atoms with E-state index in [9.17, 15) is 14.4 Å². The molecule has 8 heteroatoms. The van der Waals surface area contributed by atoms with Crippen LogP contribution in [0.15, 0.2) is 35.4 Å². The molecule has 3 rings (SSSR count). The average Bonchev–Trinajstić information content (AvgIpc) is 3.00. The van der Waals surface area contributed by atoms with E-state index < -0.39 is 11.8 Å². The van der Waals surface area contributed by atoms with Gasteiger partial charge in [-0.05, 0) is 36.6 Å². The highest BCUT2D eigenvalue weighted by molar-refractivity contribution is 7.20. The standard InChI is InChI=1S/C18H18N4O3S/c1-4-11-5-7-12(8-6-11)15(23)20-21-16(24)14-10(2)13-17(26-14)19-9-22(3)18(13)25/h5-9H,4H2,1-3H3,(H,20,23)(H,21,24). The second-order valence-electron chi connectivity index (χ2n) is 5.86. The molecule has 0 saturated carbocycles. The fourth-order valence-corrected chi connectivity index (χ4v) is 3.59. The third-order valence-electron chi connectivity index (χ3n) is 4.13. The SMILES string of the molecule is CCc1ccc(C(=O)NNC(=O)c2sc3ncn(C)c(=O)c3c2C)cc1. The maximum Gasteiger partial charge on any atom is 0.280 e. The van der Waals surface area contributed by atoms with Crippen LogP contribution in [0.3, 0.4) is 0 Å². The van der Waals surface area contributed by atoms with Crippen molar-refractivity contribution in [2.75, 3.05) is 0 Å². The van der Waals surface area contributed by atoms with Crippen molar-refractivity contribution in [2.45, 2.75) is 20.3 Å². The Balaban J connectivity index is 1.77. The van der Waals surface area contributed by atoms with Crippen LogP contribution in [0, 0.1) is 6.92 Å². The predicted molar refractivity (Wildman–Crippen MR) is 100 cm³/mol. The van der Waals surface area contributed by atoms with Gasteiger partial charge < -0.3 is 4.57 Å². The van der Waals surface area contributed by atoms with E-state index in [2.05, 4.69) is 15.8 Å². The molecule has 2 heterocycles. The fraction of sp³-hybridized carbons (Fsp3) is 0.222. The van der Waals surface area contributed by atoms with Gasteiger partial charge in [0, 0.05) is 12.6 Å². The summed E-state index contributed by atoms with van der Waals surface area (Å²) in [5, 5.41) is 0.423. The fourth-order valence-electron chi connectivity index (χ4n) is 2.56. The molecule has 26 heavy (non-hydrogen) atoms. The minimum atomic E-state index is -0.480. The third kappa shape index (κ3) is 3.23. The van der Waals surface area contributed by atoms with Crippen LogP contribution >= 0.6 is 11.3 Å². The van der Waals surface area contributed by atoms with E-state index in [0.717, 1.165) is 23.3 Å². The van der Waals surface area contributed by atoms with E-state index in [1.165, 1.54) is 10.9 Å². The predicted octanol–water partition coefficient (Wildman–Crippen LogP) is 1.94. The first-order valence-electron chi connectivity index (χ1n) is 8.06. The number of amides is 2. The molecule has 0 unspecified atom stereocenters. The number of hydrogen-bond donors (Lipinski definition) is 2. The summed E-state index contributed by atoms with van der Waals surface area (Å²) < 4.78 is 1.37. The molecule has 134 valence electrons. The maximum atomic E-state index is 12.4.